The van der Waals surface area contributed by atoms with Gasteiger partial charge >= 0.3 is 5.97 Å². The molecule has 0 spiro atoms. The van der Waals surface area contributed by atoms with Crippen molar-refractivity contribution in [1.82, 2.24) is 0 Å². The molecule has 4 heteroatoms. The van der Waals surface area contributed by atoms with E-state index in [1.807, 2.05) is 38.1 Å². The second kappa shape index (κ2) is 7.34. The second-order valence-electron chi connectivity index (χ2n) is 6.24. The van der Waals surface area contributed by atoms with Crippen molar-refractivity contribution in [3.8, 4) is 5.75 Å². The molecular weight excluding hydrogens is 266 g/mol. The lowest BCUT2D eigenvalue weighted by Crippen LogP contribution is -2.43. The summed E-state index contributed by atoms with van der Waals surface area (Å²) in [4.78, 5) is 12.1. The first-order chi connectivity index (χ1) is 9.82. The number of methoxy groups -OCH3 is 2. The summed E-state index contributed by atoms with van der Waals surface area (Å²) in [5.41, 5.74) is 0.266. The molecule has 0 bridgehead atoms. The van der Waals surface area contributed by atoms with Crippen LogP contribution in [-0.4, -0.2) is 26.2 Å². The maximum Gasteiger partial charge on any atom is 0.313 e. The van der Waals surface area contributed by atoms with Crippen LogP contribution in [-0.2, 0) is 9.53 Å². The first kappa shape index (κ1) is 17.3. The molecule has 1 rings (SSSR count). The van der Waals surface area contributed by atoms with Gasteiger partial charge in [0.1, 0.15) is 5.75 Å². The Labute approximate surface area is 127 Å². The average Bonchev–Trinajstić information content (AvgIpc) is 2.45. The number of hydrogen-bond donors (Lipinski definition) is 1. The molecule has 1 aromatic rings. The molecule has 1 atom stereocenters. The third-order valence-electron chi connectivity index (χ3n) is 3.73. The molecule has 1 unspecified atom stereocenters. The fourth-order valence-electron chi connectivity index (χ4n) is 2.36. The lowest BCUT2D eigenvalue weighted by molar-refractivity contribution is -0.151. The van der Waals surface area contributed by atoms with Crippen LogP contribution in [0.15, 0.2) is 24.3 Å². The Morgan fingerprint density at radius 1 is 1.24 bits per heavy atom. The van der Waals surface area contributed by atoms with Gasteiger partial charge in [-0.05, 0) is 38.3 Å². The van der Waals surface area contributed by atoms with Gasteiger partial charge in [-0.2, -0.15) is 0 Å². The predicted molar refractivity (Wildman–Crippen MR) is 85.7 cm³/mol. The average molecular weight is 293 g/mol. The fourth-order valence-corrected chi connectivity index (χ4v) is 2.36. The van der Waals surface area contributed by atoms with Crippen molar-refractivity contribution in [2.75, 3.05) is 19.5 Å². The first-order valence-corrected chi connectivity index (χ1v) is 7.30. The molecular formula is C17H27NO3. The van der Waals surface area contributed by atoms with Crippen molar-refractivity contribution in [1.29, 1.82) is 0 Å². The molecule has 0 radical (unpaired) electrons. The lowest BCUT2D eigenvalue weighted by Gasteiger charge is -2.34. The van der Waals surface area contributed by atoms with Gasteiger partial charge in [0.05, 0.1) is 25.3 Å². The zero-order valence-corrected chi connectivity index (χ0v) is 13.9. The normalized spacial score (nSPS) is 12.9. The van der Waals surface area contributed by atoms with Crippen LogP contribution in [0.3, 0.4) is 0 Å². The van der Waals surface area contributed by atoms with Crippen LogP contribution in [0, 0.1) is 11.3 Å². The van der Waals surface area contributed by atoms with E-state index >= 15 is 0 Å². The number of esters is 1. The Hall–Kier alpha value is -1.71. The van der Waals surface area contributed by atoms with Crippen molar-refractivity contribution in [3.63, 3.8) is 0 Å². The highest BCUT2D eigenvalue weighted by Gasteiger charge is 2.38. The monoisotopic (exact) mass is 293 g/mol. The molecule has 0 aliphatic rings. The van der Waals surface area contributed by atoms with E-state index < -0.39 is 5.41 Å². The Kier molecular flexibility index (Phi) is 6.06. The minimum Gasteiger partial charge on any atom is -0.495 e. The Bertz CT molecular complexity index is 469. The van der Waals surface area contributed by atoms with Crippen molar-refractivity contribution in [3.05, 3.63) is 24.3 Å². The molecule has 0 aromatic heterocycles. The summed E-state index contributed by atoms with van der Waals surface area (Å²) in [6, 6.07) is 7.69. The van der Waals surface area contributed by atoms with Crippen LogP contribution in [0.2, 0.25) is 0 Å². The minimum atomic E-state index is -0.625. The van der Waals surface area contributed by atoms with Gasteiger partial charge in [-0.3, -0.25) is 4.79 Å². The third-order valence-corrected chi connectivity index (χ3v) is 3.73. The quantitative estimate of drug-likeness (QED) is 0.778. The Morgan fingerprint density at radius 2 is 1.86 bits per heavy atom. The van der Waals surface area contributed by atoms with Gasteiger partial charge in [-0.1, -0.05) is 26.0 Å². The number of hydrogen-bond acceptors (Lipinski definition) is 4. The lowest BCUT2D eigenvalue weighted by atomic mass is 9.80. The topological polar surface area (TPSA) is 47.6 Å². The summed E-state index contributed by atoms with van der Waals surface area (Å²) in [5, 5.41) is 3.46. The molecule has 1 N–H and O–H groups in total. The van der Waals surface area contributed by atoms with E-state index in [9.17, 15) is 4.79 Å². The summed E-state index contributed by atoms with van der Waals surface area (Å²) >= 11 is 0. The molecule has 0 fully saturated rings. The van der Waals surface area contributed by atoms with Crippen LogP contribution in [0.5, 0.6) is 5.75 Å². The number of nitrogens with one attached hydrogen (secondary N) is 1. The largest absolute Gasteiger partial charge is 0.495 e. The molecule has 0 aliphatic carbocycles. The maximum absolute atomic E-state index is 12.1. The number of rotatable bonds is 7. The first-order valence-electron chi connectivity index (χ1n) is 7.30. The third kappa shape index (κ3) is 4.38. The number of para-hydroxylation sites is 2. The van der Waals surface area contributed by atoms with Gasteiger partial charge in [0.2, 0.25) is 0 Å². The van der Waals surface area contributed by atoms with E-state index in [0.29, 0.717) is 5.92 Å². The van der Waals surface area contributed by atoms with E-state index in [2.05, 4.69) is 19.2 Å². The number of carbonyl (C=O) groups is 1. The second-order valence-corrected chi connectivity index (χ2v) is 6.24. The van der Waals surface area contributed by atoms with Crippen molar-refractivity contribution in [2.24, 2.45) is 11.3 Å². The number of ether oxygens (including phenoxy) is 2. The smallest absolute Gasteiger partial charge is 0.313 e. The van der Waals surface area contributed by atoms with Gasteiger partial charge in [0.25, 0.3) is 0 Å². The van der Waals surface area contributed by atoms with Crippen LogP contribution < -0.4 is 10.1 Å². The zero-order chi connectivity index (χ0) is 16.0. The number of carbonyl (C=O) groups excluding carboxylic acids is 1. The van der Waals surface area contributed by atoms with E-state index in [1.165, 1.54) is 7.11 Å². The minimum absolute atomic E-state index is 0.0405. The highest BCUT2D eigenvalue weighted by Crippen LogP contribution is 2.33. The molecule has 21 heavy (non-hydrogen) atoms. The molecule has 0 amide bonds. The van der Waals surface area contributed by atoms with E-state index in [0.717, 1.165) is 17.9 Å². The van der Waals surface area contributed by atoms with Crippen LogP contribution in [0.1, 0.15) is 34.1 Å². The Balaban J connectivity index is 3.06. The van der Waals surface area contributed by atoms with Crippen LogP contribution >= 0.6 is 0 Å². The highest BCUT2D eigenvalue weighted by atomic mass is 16.5. The summed E-state index contributed by atoms with van der Waals surface area (Å²) in [5.74, 6) is 1.02. The molecule has 1 aromatic carbocycles. The maximum atomic E-state index is 12.1. The number of anilines is 1. The molecule has 4 nitrogen and oxygen atoms in total. The van der Waals surface area contributed by atoms with Gasteiger partial charge in [-0.25, -0.2) is 0 Å². The molecule has 0 heterocycles. The predicted octanol–water partition coefficient (Wildman–Crippen LogP) is 3.72. The summed E-state index contributed by atoms with van der Waals surface area (Å²) in [7, 11) is 3.07. The van der Waals surface area contributed by atoms with E-state index in [1.54, 1.807) is 7.11 Å². The molecule has 0 saturated heterocycles. The van der Waals surface area contributed by atoms with E-state index in [4.69, 9.17) is 9.47 Å². The van der Waals surface area contributed by atoms with Crippen LogP contribution in [0.25, 0.3) is 0 Å². The molecule has 0 saturated carbocycles. The van der Waals surface area contributed by atoms with Gasteiger partial charge in [-0.15, -0.1) is 0 Å². The van der Waals surface area contributed by atoms with Crippen molar-refractivity contribution in [2.45, 2.75) is 40.2 Å². The van der Waals surface area contributed by atoms with E-state index in [-0.39, 0.29) is 12.0 Å². The fraction of sp³-hybridized carbons (Fsp3) is 0.588. The van der Waals surface area contributed by atoms with Gasteiger partial charge < -0.3 is 14.8 Å². The van der Waals surface area contributed by atoms with Gasteiger partial charge in [0, 0.05) is 6.04 Å². The standard InChI is InChI=1S/C17H27NO3/c1-12(2)11-15(17(3,4)16(19)21-6)18-13-9-7-8-10-14(13)20-5/h7-10,12,15,18H,11H2,1-6H3. The highest BCUT2D eigenvalue weighted by molar-refractivity contribution is 5.77. The van der Waals surface area contributed by atoms with Crippen LogP contribution in [0.4, 0.5) is 5.69 Å². The van der Waals surface area contributed by atoms with Crippen molar-refractivity contribution < 1.29 is 14.3 Å². The zero-order valence-electron chi connectivity index (χ0n) is 13.9. The van der Waals surface area contributed by atoms with Gasteiger partial charge in [0.15, 0.2) is 0 Å². The Morgan fingerprint density at radius 3 is 2.38 bits per heavy atom. The summed E-state index contributed by atoms with van der Waals surface area (Å²) < 4.78 is 10.3. The molecule has 118 valence electrons. The summed E-state index contributed by atoms with van der Waals surface area (Å²) in [6.07, 6.45) is 0.861. The summed E-state index contributed by atoms with van der Waals surface area (Å²) in [6.45, 7) is 8.11. The molecule has 0 aliphatic heterocycles. The number of benzene rings is 1. The van der Waals surface area contributed by atoms with Crippen molar-refractivity contribution >= 4 is 11.7 Å². The SMILES string of the molecule is COC(=O)C(C)(C)C(CC(C)C)Nc1ccccc1OC.